The molecule has 4 heterocycles. The van der Waals surface area contributed by atoms with Crippen LogP contribution in [0, 0.1) is 0 Å². The molecule has 3 fully saturated rings. The van der Waals surface area contributed by atoms with E-state index in [0.29, 0.717) is 73.9 Å². The minimum atomic E-state index is -1.63. The second kappa shape index (κ2) is 16.1. The van der Waals surface area contributed by atoms with Crippen molar-refractivity contribution in [2.24, 2.45) is 11.5 Å². The van der Waals surface area contributed by atoms with Gasteiger partial charge in [0, 0.05) is 65.9 Å². The molecule has 16 nitrogen and oxygen atoms in total. The number of hydrogen-bond donors (Lipinski definition) is 6. The third-order valence-corrected chi connectivity index (χ3v) is 15.6. The predicted octanol–water partition coefficient (Wildman–Crippen LogP) is 4.69. The number of hydrogen-bond acceptors (Lipinski definition) is 10. The van der Waals surface area contributed by atoms with E-state index >= 15 is 0 Å². The van der Waals surface area contributed by atoms with E-state index in [1.165, 1.54) is 0 Å². The molecule has 7 aliphatic rings. The van der Waals surface area contributed by atoms with E-state index in [-0.39, 0.29) is 37.0 Å². The first-order valence-electron chi connectivity index (χ1n) is 22.3. The van der Waals surface area contributed by atoms with Gasteiger partial charge in [0.1, 0.15) is 11.1 Å². The fourth-order valence-electron chi connectivity index (χ4n) is 13.3. The summed E-state index contributed by atoms with van der Waals surface area (Å²) < 4.78 is 0. The van der Waals surface area contributed by atoms with E-state index in [1.54, 1.807) is 12.4 Å². The smallest absolute Gasteiger partial charge is 0.411 e. The molecule has 3 aromatic carbocycles. The standard InChI is InChI=1S/C49H54N8O8/c1-46(26-40(50)58)31-11-15-33(16-12-31)48(46,42(60)53-44(62)63)55-24-4-7-36(55)38-21-22-39(57(38)35-19-9-29(10-20-35)30-6-3-23-52-28-30)37-8-5-25-56(37)49(43(61)54-45(64)65)34-17-13-32(14-18-34)47(49,2)27-41(51)59/h3,6,9-20,23,28,36-39H,4-5,7-8,21-22,24-27H2,1-2H3,(H2,50,58)(H2,51,59)(H,53,60)(H,54,61)(H,62,63)(H,64,65)/t36?,37?,38-,39-,46?,47?,48+,49+/m0/s1. The monoisotopic (exact) mass is 882 g/mol. The molecular weight excluding hydrogens is 829 g/mol. The summed E-state index contributed by atoms with van der Waals surface area (Å²) in [5, 5.41) is 24.6. The van der Waals surface area contributed by atoms with Crippen molar-refractivity contribution in [2.45, 2.75) is 111 Å². The van der Waals surface area contributed by atoms with Gasteiger partial charge in [-0.3, -0.25) is 44.6 Å². The third kappa shape index (κ3) is 6.50. The van der Waals surface area contributed by atoms with E-state index in [9.17, 15) is 39.0 Å². The van der Waals surface area contributed by atoms with E-state index in [4.69, 9.17) is 11.5 Å². The second-order valence-electron chi connectivity index (χ2n) is 18.8. The van der Waals surface area contributed by atoms with Crippen LogP contribution in [0.1, 0.15) is 87.5 Å². The van der Waals surface area contributed by atoms with Crippen molar-refractivity contribution < 1.29 is 39.0 Å². The molecule has 4 aromatic rings. The summed E-state index contributed by atoms with van der Waals surface area (Å²) in [6, 6.07) is 25.6. The van der Waals surface area contributed by atoms with Crippen LogP contribution in [0.3, 0.4) is 0 Å². The molecule has 4 aliphatic carbocycles. The van der Waals surface area contributed by atoms with Gasteiger partial charge in [-0.25, -0.2) is 9.59 Å². The third-order valence-electron chi connectivity index (χ3n) is 15.6. The van der Waals surface area contributed by atoms with Crippen LogP contribution in [0.4, 0.5) is 15.3 Å². The molecule has 338 valence electrons. The molecule has 3 aliphatic heterocycles. The van der Waals surface area contributed by atoms with Gasteiger partial charge in [0.2, 0.25) is 11.8 Å². The van der Waals surface area contributed by atoms with Crippen LogP contribution in [0.15, 0.2) is 97.3 Å². The van der Waals surface area contributed by atoms with Gasteiger partial charge in [-0.05, 0) is 103 Å². The summed E-state index contributed by atoms with van der Waals surface area (Å²) in [5.41, 5.74) is 11.5. The van der Waals surface area contributed by atoms with Gasteiger partial charge in [-0.15, -0.1) is 0 Å². The summed E-state index contributed by atoms with van der Waals surface area (Å²) in [4.78, 5) is 91.6. The number of imide groups is 2. The van der Waals surface area contributed by atoms with Gasteiger partial charge >= 0.3 is 12.2 Å². The first-order valence-corrected chi connectivity index (χ1v) is 22.3. The van der Waals surface area contributed by atoms with Crippen molar-refractivity contribution in [2.75, 3.05) is 18.0 Å². The topological polar surface area (TPSA) is 242 Å². The number of carboxylic acid groups (broad SMARTS) is 2. The maximum atomic E-state index is 14.9. The van der Waals surface area contributed by atoms with Crippen molar-refractivity contribution in [1.82, 2.24) is 25.4 Å². The second-order valence-corrected chi connectivity index (χ2v) is 18.8. The molecule has 4 unspecified atom stereocenters. The highest BCUT2D eigenvalue weighted by atomic mass is 16.4. The largest absolute Gasteiger partial charge is 0.465 e. The number of rotatable bonds is 12. The maximum Gasteiger partial charge on any atom is 0.411 e. The number of amides is 6. The number of aromatic nitrogens is 1. The number of nitrogens with two attached hydrogens (primary N) is 2. The molecular formula is C49H54N8O8. The Hall–Kier alpha value is -6.65. The normalized spacial score (nSPS) is 30.3. The number of nitrogens with one attached hydrogen (secondary N) is 2. The van der Waals surface area contributed by atoms with Crippen LogP contribution in [0.5, 0.6) is 0 Å². The molecule has 4 bridgehead atoms. The Balaban J connectivity index is 1.20. The van der Waals surface area contributed by atoms with Gasteiger partial charge in [-0.2, -0.15) is 0 Å². The van der Waals surface area contributed by atoms with E-state index in [0.717, 1.165) is 16.8 Å². The molecule has 0 saturated carbocycles. The SMILES string of the molecule is CC1(CC(N)=O)c2ccc(cc2)[C@]1(C(=O)NC(=O)O)N1CCCC1[C@@H]1CC[C@@H](C2CCCN2[C@@]2(C(=O)NC(=O)O)c3ccc(cc3)C2(C)CC(N)=O)N1c1ccc(-c2cccnc2)cc1. The number of benzene rings is 3. The molecule has 0 spiro atoms. The molecule has 16 heteroatoms. The Morgan fingerprint density at radius 3 is 1.42 bits per heavy atom. The minimum Gasteiger partial charge on any atom is -0.465 e. The minimum absolute atomic E-state index is 0.216. The molecule has 8 atom stereocenters. The quantitative estimate of drug-likeness (QED) is 0.114. The zero-order valence-electron chi connectivity index (χ0n) is 36.4. The Morgan fingerprint density at radius 1 is 0.600 bits per heavy atom. The van der Waals surface area contributed by atoms with Gasteiger partial charge in [0.25, 0.3) is 11.8 Å². The summed E-state index contributed by atoms with van der Waals surface area (Å²) >= 11 is 0. The van der Waals surface area contributed by atoms with Crippen molar-refractivity contribution in [3.05, 3.63) is 120 Å². The number of likely N-dealkylation sites (tertiary alicyclic amines) is 2. The highest BCUT2D eigenvalue weighted by Gasteiger charge is 2.67. The van der Waals surface area contributed by atoms with Gasteiger partial charge in [0.15, 0.2) is 0 Å². The first kappa shape index (κ1) is 43.6. The van der Waals surface area contributed by atoms with Crippen LogP contribution in [-0.2, 0) is 41.1 Å². The molecule has 8 N–H and O–H groups in total. The molecule has 0 radical (unpaired) electrons. The zero-order chi connectivity index (χ0) is 46.1. The predicted molar refractivity (Wildman–Crippen MR) is 239 cm³/mol. The highest BCUT2D eigenvalue weighted by Crippen LogP contribution is 2.58. The number of fused-ring (bicyclic) bond motifs is 6. The van der Waals surface area contributed by atoms with Crippen LogP contribution in [-0.4, -0.2) is 98.1 Å². The van der Waals surface area contributed by atoms with Gasteiger partial charge < -0.3 is 26.6 Å². The lowest BCUT2D eigenvalue weighted by molar-refractivity contribution is -0.144. The van der Waals surface area contributed by atoms with Crippen molar-refractivity contribution in [3.8, 4) is 11.1 Å². The van der Waals surface area contributed by atoms with E-state index in [1.807, 2.05) is 86.6 Å². The van der Waals surface area contributed by atoms with Crippen LogP contribution in [0.2, 0.25) is 0 Å². The number of pyridine rings is 1. The molecule has 11 rings (SSSR count). The fourth-order valence-corrected chi connectivity index (χ4v) is 13.3. The summed E-state index contributed by atoms with van der Waals surface area (Å²) in [6.45, 7) is 4.49. The van der Waals surface area contributed by atoms with E-state index in [2.05, 4.69) is 42.5 Å². The molecule has 65 heavy (non-hydrogen) atoms. The van der Waals surface area contributed by atoms with Crippen molar-refractivity contribution in [1.29, 1.82) is 0 Å². The first-order chi connectivity index (χ1) is 31.1. The number of nitrogens with zero attached hydrogens (tertiary/aromatic N) is 4. The van der Waals surface area contributed by atoms with Crippen LogP contribution < -0.4 is 27.0 Å². The summed E-state index contributed by atoms with van der Waals surface area (Å²) in [5.74, 6) is -2.77. The Bertz CT molecular complexity index is 2420. The highest BCUT2D eigenvalue weighted by molar-refractivity contribution is 6.01. The Morgan fingerprint density at radius 2 is 1.03 bits per heavy atom. The summed E-state index contributed by atoms with van der Waals surface area (Å²) in [6.07, 6.45) is 4.00. The maximum absolute atomic E-state index is 14.9. The number of carbonyl (C=O) groups excluding carboxylic acids is 4. The lowest BCUT2D eigenvalue weighted by Crippen LogP contribution is -2.72. The van der Waals surface area contributed by atoms with Crippen LogP contribution in [0.25, 0.3) is 11.1 Å². The van der Waals surface area contributed by atoms with Gasteiger partial charge in [-0.1, -0.05) is 80.6 Å². The molecule has 6 amide bonds. The Labute approximate surface area is 376 Å². The average molecular weight is 883 g/mol. The average Bonchev–Trinajstić information content (AvgIpc) is 4.05. The van der Waals surface area contributed by atoms with Crippen molar-refractivity contribution >= 4 is 41.5 Å². The van der Waals surface area contributed by atoms with Crippen LogP contribution >= 0.6 is 0 Å². The summed E-state index contributed by atoms with van der Waals surface area (Å²) in [7, 11) is 0. The Kier molecular flexibility index (Phi) is 10.8. The van der Waals surface area contributed by atoms with Gasteiger partial charge in [0.05, 0.1) is 0 Å². The van der Waals surface area contributed by atoms with E-state index < -0.39 is 57.7 Å². The number of primary amides is 2. The molecule has 1 aromatic heterocycles. The lowest BCUT2D eigenvalue weighted by Gasteiger charge is -2.58. The zero-order valence-corrected chi connectivity index (χ0v) is 36.4. The molecule has 3 saturated heterocycles. The number of anilines is 1. The fraction of sp³-hybridized carbons (Fsp3) is 0.408. The number of carbonyl (C=O) groups is 6. The van der Waals surface area contributed by atoms with Crippen molar-refractivity contribution in [3.63, 3.8) is 0 Å². The lowest BCUT2D eigenvalue weighted by atomic mass is 9.56.